The maximum absolute atomic E-state index is 12.4. The Balaban J connectivity index is 1.77. The van der Waals surface area contributed by atoms with Crippen molar-refractivity contribution >= 4 is 6.03 Å². The number of nitrogens with one attached hydrogen (secondary N) is 1. The lowest BCUT2D eigenvalue weighted by Gasteiger charge is -2.37. The molecule has 1 aromatic heterocycles. The van der Waals surface area contributed by atoms with E-state index < -0.39 is 0 Å². The van der Waals surface area contributed by atoms with Gasteiger partial charge in [-0.2, -0.15) is 4.98 Å². The Morgan fingerprint density at radius 2 is 2.00 bits per heavy atom. The van der Waals surface area contributed by atoms with Gasteiger partial charge >= 0.3 is 6.03 Å². The number of hydrogen-bond acceptors (Lipinski definition) is 6. The van der Waals surface area contributed by atoms with Crippen LogP contribution in [0.25, 0.3) is 0 Å². The molecule has 2 amide bonds. The van der Waals surface area contributed by atoms with Gasteiger partial charge in [0, 0.05) is 52.2 Å². The molecule has 0 saturated carbocycles. The van der Waals surface area contributed by atoms with Gasteiger partial charge in [-0.05, 0) is 19.4 Å². The highest BCUT2D eigenvalue weighted by Gasteiger charge is 2.22. The number of piperazine rings is 1. The highest BCUT2D eigenvalue weighted by atomic mass is 16.5. The van der Waals surface area contributed by atoms with E-state index >= 15 is 0 Å². The van der Waals surface area contributed by atoms with Crippen molar-refractivity contribution in [3.8, 4) is 0 Å². The van der Waals surface area contributed by atoms with E-state index in [9.17, 15) is 4.79 Å². The van der Waals surface area contributed by atoms with Crippen molar-refractivity contribution in [3.05, 3.63) is 11.7 Å². The first-order chi connectivity index (χ1) is 12.4. The van der Waals surface area contributed by atoms with Crippen LogP contribution in [0.3, 0.4) is 0 Å². The number of rotatable bonds is 8. The van der Waals surface area contributed by atoms with Crippen LogP contribution in [0.4, 0.5) is 4.79 Å². The van der Waals surface area contributed by atoms with Gasteiger partial charge in [0.15, 0.2) is 5.82 Å². The number of nitrogens with zero attached hydrogens (tertiary/aromatic N) is 5. The normalized spacial score (nSPS) is 17.5. The molecule has 2 heterocycles. The Hall–Kier alpha value is -1.67. The molecule has 1 atom stereocenters. The number of hydrogen-bond donors (Lipinski definition) is 1. The number of carbonyl (C=O) groups is 1. The van der Waals surface area contributed by atoms with Crippen LogP contribution >= 0.6 is 0 Å². The second kappa shape index (κ2) is 9.87. The summed E-state index contributed by atoms with van der Waals surface area (Å²) >= 11 is 0. The van der Waals surface area contributed by atoms with Crippen molar-refractivity contribution in [3.63, 3.8) is 0 Å². The molecule has 0 aromatic carbocycles. The monoisotopic (exact) mass is 366 g/mol. The third kappa shape index (κ3) is 6.25. The fraction of sp³-hybridized carbons (Fsp3) is 0.833. The van der Waals surface area contributed by atoms with Gasteiger partial charge in [-0.25, -0.2) is 4.79 Å². The first-order valence-corrected chi connectivity index (χ1v) is 9.62. The lowest BCUT2D eigenvalue weighted by Crippen LogP contribution is -2.53. The zero-order valence-electron chi connectivity index (χ0n) is 16.9. The molecule has 1 aromatic rings. The Bertz CT molecular complexity index is 554. The van der Waals surface area contributed by atoms with Crippen LogP contribution in [0.5, 0.6) is 0 Å². The molecule has 8 nitrogen and oxygen atoms in total. The van der Waals surface area contributed by atoms with E-state index in [1.54, 1.807) is 11.9 Å². The molecule has 1 aliphatic rings. The van der Waals surface area contributed by atoms with Crippen molar-refractivity contribution in [2.75, 3.05) is 46.8 Å². The van der Waals surface area contributed by atoms with E-state index in [2.05, 4.69) is 53.1 Å². The Labute approximate surface area is 156 Å². The van der Waals surface area contributed by atoms with Crippen LogP contribution in [0.2, 0.25) is 0 Å². The molecule has 1 saturated heterocycles. The first-order valence-electron chi connectivity index (χ1n) is 9.62. The fourth-order valence-electron chi connectivity index (χ4n) is 3.13. The van der Waals surface area contributed by atoms with Gasteiger partial charge in [0.25, 0.3) is 0 Å². The molecule has 148 valence electrons. The van der Waals surface area contributed by atoms with Crippen LogP contribution in [0.1, 0.15) is 38.9 Å². The number of aromatic nitrogens is 2. The van der Waals surface area contributed by atoms with E-state index in [1.165, 1.54) is 0 Å². The van der Waals surface area contributed by atoms with Gasteiger partial charge in [0.2, 0.25) is 5.89 Å². The molecule has 0 unspecified atom stereocenters. The molecule has 26 heavy (non-hydrogen) atoms. The zero-order chi connectivity index (χ0) is 19.1. The smallest absolute Gasteiger partial charge is 0.317 e. The summed E-state index contributed by atoms with van der Waals surface area (Å²) in [6, 6.07) is 0.275. The largest absolute Gasteiger partial charge is 0.339 e. The molecule has 0 bridgehead atoms. The van der Waals surface area contributed by atoms with Crippen molar-refractivity contribution < 1.29 is 9.32 Å². The van der Waals surface area contributed by atoms with Crippen molar-refractivity contribution in [2.45, 2.75) is 46.2 Å². The van der Waals surface area contributed by atoms with Crippen LogP contribution < -0.4 is 5.32 Å². The molecule has 2 rings (SSSR count). The molecule has 1 fully saturated rings. The number of amides is 2. The third-order valence-corrected chi connectivity index (χ3v) is 4.83. The fourth-order valence-corrected chi connectivity index (χ4v) is 3.13. The van der Waals surface area contributed by atoms with Crippen LogP contribution in [0, 0.1) is 5.92 Å². The highest BCUT2D eigenvalue weighted by molar-refractivity contribution is 5.73. The molecule has 0 aliphatic carbocycles. The average Bonchev–Trinajstić information content (AvgIpc) is 3.02. The number of urea groups is 1. The van der Waals surface area contributed by atoms with E-state index in [1.807, 2.05) is 0 Å². The SMILES string of the molecule is CC[C@@H](CNC(=O)N(C)Cc1noc(CC(C)C)n1)N1CCN(C)CC1. The van der Waals surface area contributed by atoms with E-state index in [0.717, 1.165) is 39.0 Å². The summed E-state index contributed by atoms with van der Waals surface area (Å²) < 4.78 is 5.23. The van der Waals surface area contributed by atoms with Crippen molar-refractivity contribution in [2.24, 2.45) is 5.92 Å². The average molecular weight is 367 g/mol. The minimum absolute atomic E-state index is 0.104. The van der Waals surface area contributed by atoms with Crippen LogP contribution in [-0.2, 0) is 13.0 Å². The van der Waals surface area contributed by atoms with Crippen LogP contribution in [-0.4, -0.2) is 83.7 Å². The Kier molecular flexibility index (Phi) is 7.84. The predicted octanol–water partition coefficient (Wildman–Crippen LogP) is 1.44. The quantitative estimate of drug-likeness (QED) is 0.750. The van der Waals surface area contributed by atoms with Gasteiger partial charge in [-0.15, -0.1) is 0 Å². The summed E-state index contributed by atoms with van der Waals surface area (Å²) in [7, 11) is 3.91. The molecule has 1 aliphatic heterocycles. The van der Waals surface area contributed by atoms with Crippen molar-refractivity contribution in [1.82, 2.24) is 30.2 Å². The molecule has 8 heteroatoms. The summed E-state index contributed by atoms with van der Waals surface area (Å²) in [6.45, 7) is 11.7. The Morgan fingerprint density at radius 1 is 1.31 bits per heavy atom. The maximum atomic E-state index is 12.4. The second-order valence-corrected chi connectivity index (χ2v) is 7.65. The minimum atomic E-state index is -0.104. The molecule has 1 N–H and O–H groups in total. The summed E-state index contributed by atoms with van der Waals surface area (Å²) in [5.41, 5.74) is 0. The predicted molar refractivity (Wildman–Crippen MR) is 101 cm³/mol. The Morgan fingerprint density at radius 3 is 2.62 bits per heavy atom. The van der Waals surface area contributed by atoms with Crippen LogP contribution in [0.15, 0.2) is 4.52 Å². The van der Waals surface area contributed by atoms with E-state index in [-0.39, 0.29) is 6.03 Å². The van der Waals surface area contributed by atoms with E-state index in [0.29, 0.717) is 36.8 Å². The summed E-state index contributed by atoms with van der Waals surface area (Å²) in [6.07, 6.45) is 1.78. The third-order valence-electron chi connectivity index (χ3n) is 4.83. The van der Waals surface area contributed by atoms with Gasteiger partial charge in [-0.1, -0.05) is 25.9 Å². The van der Waals surface area contributed by atoms with Gasteiger partial charge in [-0.3, -0.25) is 4.90 Å². The summed E-state index contributed by atoms with van der Waals surface area (Å²) in [4.78, 5) is 23.2. The minimum Gasteiger partial charge on any atom is -0.339 e. The first kappa shape index (κ1) is 20.6. The molecular formula is C18H34N6O2. The summed E-state index contributed by atoms with van der Waals surface area (Å²) in [5, 5.41) is 7.01. The number of carbonyl (C=O) groups excluding carboxylic acids is 1. The van der Waals surface area contributed by atoms with Gasteiger partial charge in [0.05, 0.1) is 6.54 Å². The lowest BCUT2D eigenvalue weighted by atomic mass is 10.1. The molecular weight excluding hydrogens is 332 g/mol. The highest BCUT2D eigenvalue weighted by Crippen LogP contribution is 2.09. The number of likely N-dealkylation sites (N-methyl/N-ethyl adjacent to an activating group) is 1. The zero-order valence-corrected chi connectivity index (χ0v) is 16.9. The van der Waals surface area contributed by atoms with Gasteiger partial charge in [0.1, 0.15) is 0 Å². The lowest BCUT2D eigenvalue weighted by molar-refractivity contribution is 0.107. The van der Waals surface area contributed by atoms with Crippen molar-refractivity contribution in [1.29, 1.82) is 0 Å². The maximum Gasteiger partial charge on any atom is 0.317 e. The summed E-state index contributed by atoms with van der Waals surface area (Å²) in [5.74, 6) is 1.64. The van der Waals surface area contributed by atoms with Gasteiger partial charge < -0.3 is 19.6 Å². The topological polar surface area (TPSA) is 77.7 Å². The standard InChI is InChI=1S/C18H34N6O2/c1-6-15(24-9-7-22(4)8-10-24)12-19-18(25)23(5)13-16-20-17(26-21-16)11-14(2)3/h14-15H,6-13H2,1-5H3,(H,19,25)/t15-/m0/s1. The second-order valence-electron chi connectivity index (χ2n) is 7.65. The van der Waals surface area contributed by atoms with E-state index in [4.69, 9.17) is 4.52 Å². The molecule has 0 spiro atoms. The molecule has 0 radical (unpaired) electrons.